The maximum absolute atomic E-state index is 9.78. The number of hydrogen-bond acceptors (Lipinski definition) is 3. The van der Waals surface area contributed by atoms with Crippen molar-refractivity contribution in [3.05, 3.63) is 23.3 Å². The number of carbonyl (C=O) groups is 1. The van der Waals surface area contributed by atoms with E-state index in [9.17, 15) is 4.79 Å². The van der Waals surface area contributed by atoms with Gasteiger partial charge in [0.1, 0.15) is 12.5 Å². The first kappa shape index (κ1) is 5.44. The molecule has 2 nitrogen and oxygen atoms in total. The van der Waals surface area contributed by atoms with Gasteiger partial charge in [0.2, 0.25) is 0 Å². The van der Waals surface area contributed by atoms with Crippen molar-refractivity contribution >= 4 is 18.3 Å². The Morgan fingerprint density at radius 3 is 3.12 bits per heavy atom. The molecule has 8 heavy (non-hydrogen) atoms. The lowest BCUT2D eigenvalue weighted by atomic mass is 10.5. The molecule has 0 spiro atoms. The molecule has 0 saturated heterocycles. The van der Waals surface area contributed by atoms with Crippen LogP contribution in [0.5, 0.6) is 0 Å². The van der Waals surface area contributed by atoms with Gasteiger partial charge < -0.3 is 4.18 Å². The van der Waals surface area contributed by atoms with Crippen LogP contribution in [0.15, 0.2) is 23.3 Å². The van der Waals surface area contributed by atoms with Crippen LogP contribution < -0.4 is 0 Å². The maximum Gasteiger partial charge on any atom is 0.144 e. The average Bonchev–Trinajstić information content (AvgIpc) is 2.19. The zero-order valence-electron chi connectivity index (χ0n) is 4.03. The zero-order chi connectivity index (χ0) is 5.82. The fourth-order valence-electron chi connectivity index (χ4n) is 0.356. The normalized spacial score (nSPS) is 21.2. The van der Waals surface area contributed by atoms with Crippen molar-refractivity contribution in [2.75, 3.05) is 0 Å². The highest BCUT2D eigenvalue weighted by Gasteiger charge is 1.98. The first-order valence-corrected chi connectivity index (χ1v) is 2.83. The molecule has 0 radical (unpaired) electrons. The highest BCUT2D eigenvalue weighted by atomic mass is 32.2. The van der Waals surface area contributed by atoms with Crippen LogP contribution in [0.2, 0.25) is 0 Å². The minimum absolute atomic E-state index is 0.737. The molecule has 1 aliphatic heterocycles. The Bertz CT molecular complexity index is 149. The van der Waals surface area contributed by atoms with Crippen molar-refractivity contribution in [1.29, 1.82) is 0 Å². The molecule has 0 aliphatic carbocycles. The molecule has 42 valence electrons. The lowest BCUT2D eigenvalue weighted by Gasteiger charge is -1.82. The summed E-state index contributed by atoms with van der Waals surface area (Å²) in [6, 6.07) is 0. The molecule has 1 aliphatic rings. The van der Waals surface area contributed by atoms with E-state index in [1.165, 1.54) is 18.1 Å². The lowest BCUT2D eigenvalue weighted by Crippen LogP contribution is -1.63. The number of aldehydes is 1. The van der Waals surface area contributed by atoms with Crippen molar-refractivity contribution in [3.63, 3.8) is 0 Å². The summed E-state index contributed by atoms with van der Waals surface area (Å²) in [6.45, 7) is 0. The van der Waals surface area contributed by atoms with Gasteiger partial charge in [0.15, 0.2) is 0 Å². The van der Waals surface area contributed by atoms with Gasteiger partial charge in [-0.1, -0.05) is 0 Å². The third kappa shape index (κ3) is 1.13. The van der Waals surface area contributed by atoms with Crippen LogP contribution in [0.1, 0.15) is 0 Å². The first-order valence-electron chi connectivity index (χ1n) is 2.09. The van der Waals surface area contributed by atoms with Crippen LogP contribution in [0.3, 0.4) is 0 Å². The molecule has 0 N–H and O–H groups in total. The van der Waals surface area contributed by atoms with Gasteiger partial charge in [-0.2, -0.15) is 0 Å². The fraction of sp³-hybridized carbons (Fsp3) is 0. The quantitative estimate of drug-likeness (QED) is 0.302. The predicted molar refractivity (Wildman–Crippen MR) is 32.0 cm³/mol. The Kier molecular flexibility index (Phi) is 1.75. The summed E-state index contributed by atoms with van der Waals surface area (Å²) in [4.78, 5) is 10.6. The van der Waals surface area contributed by atoms with Crippen molar-refractivity contribution in [2.45, 2.75) is 0 Å². The highest BCUT2D eigenvalue weighted by Crippen LogP contribution is 2.23. The van der Waals surface area contributed by atoms with Gasteiger partial charge in [-0.25, -0.2) is 0 Å². The van der Waals surface area contributed by atoms with Gasteiger partial charge in [0.25, 0.3) is 0 Å². The summed E-state index contributed by atoms with van der Waals surface area (Å²) < 4.78 is 4.72. The summed E-state index contributed by atoms with van der Waals surface area (Å²) in [7, 11) is 0. The number of allylic oxidation sites excluding steroid dienone is 2. The predicted octanol–water partition coefficient (Wildman–Crippen LogP) is 1.26. The zero-order valence-corrected chi connectivity index (χ0v) is 4.85. The molecular formula is C5H4O2S. The summed E-state index contributed by atoms with van der Waals surface area (Å²) >= 11 is 1.19. The Labute approximate surface area is 51.4 Å². The van der Waals surface area contributed by atoms with Gasteiger partial charge >= 0.3 is 0 Å². The Balaban J connectivity index is 2.58. The topological polar surface area (TPSA) is 26.3 Å². The summed E-state index contributed by atoms with van der Waals surface area (Å²) in [6.07, 6.45) is 5.47. The Hall–Kier alpha value is -0.700. The van der Waals surface area contributed by atoms with Gasteiger partial charge in [-0.05, 0) is 12.2 Å². The first-order chi connectivity index (χ1) is 3.93. The number of rotatable bonds is 1. The van der Waals surface area contributed by atoms with Crippen LogP contribution in [0, 0.1) is 0 Å². The second kappa shape index (κ2) is 2.57. The van der Waals surface area contributed by atoms with E-state index in [0.29, 0.717) is 0 Å². The minimum Gasteiger partial charge on any atom is -0.428 e. The molecule has 0 saturated carbocycles. The second-order valence-electron chi connectivity index (χ2n) is 1.19. The lowest BCUT2D eigenvalue weighted by molar-refractivity contribution is -0.104. The summed E-state index contributed by atoms with van der Waals surface area (Å²) in [5.74, 6) is 0. The molecule has 0 aromatic rings. The molecule has 0 atom stereocenters. The van der Waals surface area contributed by atoms with Gasteiger partial charge in [0.05, 0.1) is 16.9 Å². The van der Waals surface area contributed by atoms with Crippen LogP contribution >= 0.6 is 12.0 Å². The van der Waals surface area contributed by atoms with Crippen LogP contribution in [-0.4, -0.2) is 6.29 Å². The molecule has 0 aromatic carbocycles. The molecule has 1 heterocycles. The Morgan fingerprint density at radius 1 is 1.75 bits per heavy atom. The maximum atomic E-state index is 9.78. The minimum atomic E-state index is 0.737. The van der Waals surface area contributed by atoms with E-state index < -0.39 is 0 Å². The summed E-state index contributed by atoms with van der Waals surface area (Å²) in [5.41, 5.74) is 0. The van der Waals surface area contributed by atoms with Gasteiger partial charge in [-0.3, -0.25) is 4.79 Å². The second-order valence-corrected chi connectivity index (χ2v) is 2.02. The van der Waals surface area contributed by atoms with E-state index in [1.807, 2.05) is 0 Å². The number of carbonyl (C=O) groups excluding carboxylic acids is 1. The van der Waals surface area contributed by atoms with E-state index in [1.54, 1.807) is 12.3 Å². The van der Waals surface area contributed by atoms with Crippen molar-refractivity contribution in [1.82, 2.24) is 0 Å². The van der Waals surface area contributed by atoms with Crippen LogP contribution in [-0.2, 0) is 8.98 Å². The highest BCUT2D eigenvalue weighted by molar-refractivity contribution is 7.99. The number of hydrogen-bond donors (Lipinski definition) is 0. The van der Waals surface area contributed by atoms with Crippen LogP contribution in [0.25, 0.3) is 0 Å². The van der Waals surface area contributed by atoms with Crippen LogP contribution in [0.4, 0.5) is 0 Å². The van der Waals surface area contributed by atoms with Gasteiger partial charge in [0, 0.05) is 0 Å². The Morgan fingerprint density at radius 2 is 2.62 bits per heavy atom. The molecule has 3 heteroatoms. The molecule has 0 fully saturated rings. The third-order valence-corrected chi connectivity index (χ3v) is 1.34. The smallest absolute Gasteiger partial charge is 0.144 e. The molecule has 0 amide bonds. The fourth-order valence-corrected chi connectivity index (χ4v) is 0.801. The molecule has 0 aromatic heterocycles. The molecule has 0 bridgehead atoms. The van der Waals surface area contributed by atoms with E-state index in [4.69, 9.17) is 4.18 Å². The van der Waals surface area contributed by atoms with E-state index >= 15 is 0 Å². The molecule has 0 unspecified atom stereocenters. The molecule has 1 rings (SSSR count). The summed E-state index contributed by atoms with van der Waals surface area (Å²) in [5, 5.41) is 0. The monoisotopic (exact) mass is 128 g/mol. The van der Waals surface area contributed by atoms with Crippen molar-refractivity contribution in [3.8, 4) is 0 Å². The third-order valence-electron chi connectivity index (χ3n) is 0.665. The van der Waals surface area contributed by atoms with Gasteiger partial charge in [-0.15, -0.1) is 0 Å². The molecular weight excluding hydrogens is 124 g/mol. The van der Waals surface area contributed by atoms with E-state index in [2.05, 4.69) is 0 Å². The van der Waals surface area contributed by atoms with Crippen molar-refractivity contribution in [2.24, 2.45) is 0 Å². The average molecular weight is 128 g/mol. The van der Waals surface area contributed by atoms with Crippen molar-refractivity contribution < 1.29 is 8.98 Å². The van der Waals surface area contributed by atoms with E-state index in [-0.39, 0.29) is 0 Å². The standard InChI is InChI=1S/C5H4O2S/c6-3-1-5-2-4-7-8-5/h1-4H/b5-1-. The van der Waals surface area contributed by atoms with E-state index in [0.717, 1.165) is 11.2 Å². The SMILES string of the molecule is O=C/C=C1/C=COS1. The largest absolute Gasteiger partial charge is 0.428 e.